The second-order valence-corrected chi connectivity index (χ2v) is 4.27. The van der Waals surface area contributed by atoms with Crippen LogP contribution in [0.5, 0.6) is 0 Å². The van der Waals surface area contributed by atoms with Gasteiger partial charge in [-0.25, -0.2) is 4.98 Å². The van der Waals surface area contributed by atoms with Gasteiger partial charge in [0.25, 0.3) is 0 Å². The van der Waals surface area contributed by atoms with Crippen LogP contribution in [0.4, 0.5) is 5.82 Å². The number of aromatic nitrogens is 1. The summed E-state index contributed by atoms with van der Waals surface area (Å²) in [6.45, 7) is 4.17. The summed E-state index contributed by atoms with van der Waals surface area (Å²) in [6, 6.07) is 4.03. The van der Waals surface area contributed by atoms with Gasteiger partial charge in [0.2, 0.25) is 0 Å². The van der Waals surface area contributed by atoms with E-state index in [2.05, 4.69) is 30.3 Å². The molecule has 2 heterocycles. The molecule has 2 rings (SSSR count). The van der Waals surface area contributed by atoms with E-state index in [9.17, 15) is 0 Å². The normalized spacial score (nSPS) is 10.4. The van der Waals surface area contributed by atoms with E-state index >= 15 is 0 Å². The van der Waals surface area contributed by atoms with Crippen LogP contribution in [0.2, 0.25) is 0 Å². The minimum absolute atomic E-state index is 0.584. The van der Waals surface area contributed by atoms with Crippen LogP contribution in [0.15, 0.2) is 23.7 Å². The van der Waals surface area contributed by atoms with Crippen LogP contribution < -0.4 is 5.73 Å². The van der Waals surface area contributed by atoms with Crippen LogP contribution in [0, 0.1) is 13.8 Å². The van der Waals surface area contributed by atoms with Crippen molar-refractivity contribution in [2.24, 2.45) is 0 Å². The van der Waals surface area contributed by atoms with E-state index in [1.54, 1.807) is 11.3 Å². The summed E-state index contributed by atoms with van der Waals surface area (Å²) in [7, 11) is 0. The van der Waals surface area contributed by atoms with Crippen molar-refractivity contribution >= 4 is 17.2 Å². The standard InChI is InChI=1S/C11H12N2S/c1-7-3-4-14-11(7)9-6-13-10(12)5-8(9)2/h3-6H,1-2H3,(H2,12,13). The number of nitrogens with zero attached hydrogens (tertiary/aromatic N) is 1. The van der Waals surface area contributed by atoms with Gasteiger partial charge in [-0.2, -0.15) is 0 Å². The predicted molar refractivity (Wildman–Crippen MR) is 61.4 cm³/mol. The molecule has 0 saturated carbocycles. The number of aryl methyl sites for hydroxylation is 2. The zero-order chi connectivity index (χ0) is 10.1. The number of anilines is 1. The molecule has 0 aliphatic heterocycles. The van der Waals surface area contributed by atoms with Gasteiger partial charge in [0, 0.05) is 16.6 Å². The van der Waals surface area contributed by atoms with Crippen LogP contribution >= 0.6 is 11.3 Å². The van der Waals surface area contributed by atoms with Crippen molar-refractivity contribution in [2.45, 2.75) is 13.8 Å². The lowest BCUT2D eigenvalue weighted by atomic mass is 10.1. The van der Waals surface area contributed by atoms with Gasteiger partial charge in [-0.15, -0.1) is 11.3 Å². The molecule has 0 fully saturated rings. The molecule has 0 spiro atoms. The Balaban J connectivity index is 2.58. The third-order valence-corrected chi connectivity index (χ3v) is 3.29. The monoisotopic (exact) mass is 204 g/mol. The number of rotatable bonds is 1. The molecule has 0 aliphatic rings. The highest BCUT2D eigenvalue weighted by Gasteiger charge is 2.06. The number of hydrogen-bond acceptors (Lipinski definition) is 3. The molecule has 0 aliphatic carbocycles. The van der Waals surface area contributed by atoms with Gasteiger partial charge in [0.1, 0.15) is 5.82 Å². The molecule has 72 valence electrons. The van der Waals surface area contributed by atoms with Gasteiger partial charge < -0.3 is 5.73 Å². The second kappa shape index (κ2) is 3.42. The van der Waals surface area contributed by atoms with Gasteiger partial charge in [0.15, 0.2) is 0 Å². The first-order valence-electron chi connectivity index (χ1n) is 4.45. The lowest BCUT2D eigenvalue weighted by Gasteiger charge is -2.04. The minimum atomic E-state index is 0.584. The van der Waals surface area contributed by atoms with Crippen LogP contribution in [0.25, 0.3) is 10.4 Å². The molecule has 0 amide bonds. The Hall–Kier alpha value is -1.35. The average molecular weight is 204 g/mol. The van der Waals surface area contributed by atoms with Crippen molar-refractivity contribution in [1.82, 2.24) is 4.98 Å². The topological polar surface area (TPSA) is 38.9 Å². The number of thiophene rings is 1. The molecule has 0 unspecified atom stereocenters. The Morgan fingerprint density at radius 3 is 2.64 bits per heavy atom. The van der Waals surface area contributed by atoms with Crippen LogP contribution in [-0.2, 0) is 0 Å². The van der Waals surface area contributed by atoms with Gasteiger partial charge >= 0.3 is 0 Å². The van der Waals surface area contributed by atoms with E-state index < -0.39 is 0 Å². The molecule has 0 atom stereocenters. The molecule has 2 aromatic rings. The molecule has 14 heavy (non-hydrogen) atoms. The zero-order valence-corrected chi connectivity index (χ0v) is 9.06. The van der Waals surface area contributed by atoms with Gasteiger partial charge in [-0.3, -0.25) is 0 Å². The summed E-state index contributed by atoms with van der Waals surface area (Å²) in [4.78, 5) is 5.41. The van der Waals surface area contributed by atoms with E-state index in [1.807, 2.05) is 12.3 Å². The summed E-state index contributed by atoms with van der Waals surface area (Å²) < 4.78 is 0. The van der Waals surface area contributed by atoms with Crippen LogP contribution in [0.3, 0.4) is 0 Å². The third kappa shape index (κ3) is 1.51. The molecule has 3 heteroatoms. The van der Waals surface area contributed by atoms with Gasteiger partial charge in [-0.05, 0) is 42.5 Å². The first-order chi connectivity index (χ1) is 6.68. The molecule has 0 radical (unpaired) electrons. The molecule has 0 aromatic carbocycles. The highest BCUT2D eigenvalue weighted by molar-refractivity contribution is 7.13. The Bertz CT molecular complexity index is 460. The van der Waals surface area contributed by atoms with Crippen molar-refractivity contribution in [3.8, 4) is 10.4 Å². The number of nitrogen functional groups attached to an aromatic ring is 1. The van der Waals surface area contributed by atoms with Crippen LogP contribution in [-0.4, -0.2) is 4.98 Å². The van der Waals surface area contributed by atoms with Crippen molar-refractivity contribution < 1.29 is 0 Å². The first-order valence-corrected chi connectivity index (χ1v) is 5.33. The quantitative estimate of drug-likeness (QED) is 0.775. The summed E-state index contributed by atoms with van der Waals surface area (Å²) in [5.41, 5.74) is 9.28. The van der Waals surface area contributed by atoms with E-state index in [-0.39, 0.29) is 0 Å². The minimum Gasteiger partial charge on any atom is -0.384 e. The van der Waals surface area contributed by atoms with Crippen molar-refractivity contribution in [3.05, 3.63) is 34.8 Å². The lowest BCUT2D eigenvalue weighted by molar-refractivity contribution is 1.30. The van der Waals surface area contributed by atoms with Crippen molar-refractivity contribution in [3.63, 3.8) is 0 Å². The second-order valence-electron chi connectivity index (χ2n) is 3.36. The Morgan fingerprint density at radius 1 is 1.29 bits per heavy atom. The van der Waals surface area contributed by atoms with Gasteiger partial charge in [0.05, 0.1) is 0 Å². The number of hydrogen-bond donors (Lipinski definition) is 1. The lowest BCUT2D eigenvalue weighted by Crippen LogP contribution is -1.92. The highest BCUT2D eigenvalue weighted by Crippen LogP contribution is 2.31. The van der Waals surface area contributed by atoms with Crippen molar-refractivity contribution in [1.29, 1.82) is 0 Å². The molecule has 2 aromatic heterocycles. The molecule has 0 bridgehead atoms. The first kappa shape index (κ1) is 9.21. The fraction of sp³-hybridized carbons (Fsp3) is 0.182. The SMILES string of the molecule is Cc1cc(N)ncc1-c1sccc1C. The molecule has 2 nitrogen and oxygen atoms in total. The van der Waals surface area contributed by atoms with E-state index in [0.29, 0.717) is 5.82 Å². The number of pyridine rings is 1. The van der Waals surface area contributed by atoms with E-state index in [1.165, 1.54) is 21.6 Å². The summed E-state index contributed by atoms with van der Waals surface area (Å²) in [5.74, 6) is 0.584. The maximum Gasteiger partial charge on any atom is 0.123 e. The van der Waals surface area contributed by atoms with Crippen LogP contribution in [0.1, 0.15) is 11.1 Å². The van der Waals surface area contributed by atoms with Crippen molar-refractivity contribution in [2.75, 3.05) is 5.73 Å². The third-order valence-electron chi connectivity index (χ3n) is 2.24. The fourth-order valence-electron chi connectivity index (χ4n) is 1.46. The molecular formula is C11H12N2S. The summed E-state index contributed by atoms with van der Waals surface area (Å²) >= 11 is 1.74. The van der Waals surface area contributed by atoms with Gasteiger partial charge in [-0.1, -0.05) is 0 Å². The predicted octanol–water partition coefficient (Wildman–Crippen LogP) is 3.01. The largest absolute Gasteiger partial charge is 0.384 e. The summed E-state index contributed by atoms with van der Waals surface area (Å²) in [5, 5.41) is 2.10. The smallest absolute Gasteiger partial charge is 0.123 e. The summed E-state index contributed by atoms with van der Waals surface area (Å²) in [6.07, 6.45) is 1.85. The molecule has 2 N–H and O–H groups in total. The zero-order valence-electron chi connectivity index (χ0n) is 8.24. The maximum absolute atomic E-state index is 5.61. The Kier molecular flexibility index (Phi) is 2.25. The average Bonchev–Trinajstić information content (AvgIpc) is 2.52. The van der Waals surface area contributed by atoms with E-state index in [4.69, 9.17) is 5.73 Å². The molecular weight excluding hydrogens is 192 g/mol. The Labute approximate surface area is 87.4 Å². The van der Waals surface area contributed by atoms with E-state index in [0.717, 1.165) is 0 Å². The fourth-order valence-corrected chi connectivity index (χ4v) is 2.47. The maximum atomic E-state index is 5.61. The highest BCUT2D eigenvalue weighted by atomic mass is 32.1. The number of nitrogens with two attached hydrogens (primary N) is 1. The Morgan fingerprint density at radius 2 is 2.07 bits per heavy atom. The molecule has 0 saturated heterocycles.